The molecule has 1 saturated heterocycles. The first-order valence-electron chi connectivity index (χ1n) is 7.61. The fourth-order valence-corrected chi connectivity index (χ4v) is 3.68. The lowest BCUT2D eigenvalue weighted by Gasteiger charge is -2.44. The molecule has 0 radical (unpaired) electrons. The first-order chi connectivity index (χ1) is 8.22. The van der Waals surface area contributed by atoms with Crippen molar-refractivity contribution in [3.05, 3.63) is 0 Å². The summed E-state index contributed by atoms with van der Waals surface area (Å²) in [5.74, 6) is 2.78. The summed E-state index contributed by atoms with van der Waals surface area (Å²) < 4.78 is 0. The van der Waals surface area contributed by atoms with E-state index in [9.17, 15) is 0 Å². The second-order valence-electron chi connectivity index (χ2n) is 6.43. The van der Waals surface area contributed by atoms with Crippen molar-refractivity contribution in [1.29, 1.82) is 0 Å². The van der Waals surface area contributed by atoms with E-state index in [1.54, 1.807) is 0 Å². The molecule has 0 aromatic heterocycles. The summed E-state index contributed by atoms with van der Waals surface area (Å²) in [5.41, 5.74) is 0. The zero-order valence-electron chi connectivity index (χ0n) is 11.9. The second kappa shape index (κ2) is 6.19. The molecule has 0 amide bonds. The molecule has 2 heteroatoms. The van der Waals surface area contributed by atoms with Crippen LogP contribution in [0.25, 0.3) is 0 Å². The number of hydrogen-bond donors (Lipinski definition) is 1. The van der Waals surface area contributed by atoms with Crippen molar-refractivity contribution in [2.75, 3.05) is 26.7 Å². The highest BCUT2D eigenvalue weighted by Gasteiger charge is 2.35. The van der Waals surface area contributed by atoms with Crippen LogP contribution in [-0.2, 0) is 0 Å². The first-order valence-corrected chi connectivity index (χ1v) is 7.61. The maximum Gasteiger partial charge on any atom is 0.0136 e. The molecule has 0 bridgehead atoms. The Hall–Kier alpha value is -0.0800. The molecule has 0 spiro atoms. The lowest BCUT2D eigenvalue weighted by molar-refractivity contribution is 0.0643. The molecule has 2 aliphatic rings. The van der Waals surface area contributed by atoms with Gasteiger partial charge in [-0.3, -0.25) is 0 Å². The maximum atomic E-state index is 3.35. The standard InChI is InChI=1S/C15H30N2/c1-12(2)13-5-4-9-17(10-8-13)15-7-6-14(15)11-16-3/h12-16H,4-11H2,1-3H3. The minimum absolute atomic E-state index is 0.879. The van der Waals surface area contributed by atoms with E-state index in [1.807, 2.05) is 0 Å². The Morgan fingerprint density at radius 1 is 1.12 bits per heavy atom. The third kappa shape index (κ3) is 3.23. The fourth-order valence-electron chi connectivity index (χ4n) is 3.68. The van der Waals surface area contributed by atoms with E-state index in [4.69, 9.17) is 0 Å². The predicted octanol–water partition coefficient (Wildman–Crippen LogP) is 2.74. The normalized spacial score (nSPS) is 35.6. The van der Waals surface area contributed by atoms with E-state index < -0.39 is 0 Å². The minimum Gasteiger partial charge on any atom is -0.319 e. The molecule has 2 fully saturated rings. The van der Waals surface area contributed by atoms with E-state index in [0.717, 1.165) is 23.8 Å². The number of nitrogens with one attached hydrogen (secondary N) is 1. The van der Waals surface area contributed by atoms with Gasteiger partial charge in [-0.25, -0.2) is 0 Å². The van der Waals surface area contributed by atoms with Gasteiger partial charge in [-0.2, -0.15) is 0 Å². The molecule has 2 rings (SSSR count). The highest BCUT2D eigenvalue weighted by Crippen LogP contribution is 2.34. The van der Waals surface area contributed by atoms with Crippen LogP contribution in [0.5, 0.6) is 0 Å². The molecule has 1 aliphatic carbocycles. The van der Waals surface area contributed by atoms with Crippen molar-refractivity contribution in [3.8, 4) is 0 Å². The van der Waals surface area contributed by atoms with Crippen molar-refractivity contribution in [2.24, 2.45) is 17.8 Å². The van der Waals surface area contributed by atoms with Gasteiger partial charge >= 0.3 is 0 Å². The van der Waals surface area contributed by atoms with Crippen LogP contribution >= 0.6 is 0 Å². The Bertz CT molecular complexity index is 227. The van der Waals surface area contributed by atoms with Crippen LogP contribution < -0.4 is 5.32 Å². The molecule has 1 aliphatic heterocycles. The molecule has 100 valence electrons. The molecule has 0 aromatic rings. The molecule has 17 heavy (non-hydrogen) atoms. The van der Waals surface area contributed by atoms with Gasteiger partial charge in [0, 0.05) is 6.04 Å². The van der Waals surface area contributed by atoms with Gasteiger partial charge in [-0.1, -0.05) is 13.8 Å². The zero-order chi connectivity index (χ0) is 12.3. The number of hydrogen-bond acceptors (Lipinski definition) is 2. The summed E-state index contributed by atoms with van der Waals surface area (Å²) >= 11 is 0. The summed E-state index contributed by atoms with van der Waals surface area (Å²) in [5, 5.41) is 3.35. The molecule has 3 atom stereocenters. The van der Waals surface area contributed by atoms with E-state index in [2.05, 4.69) is 31.1 Å². The molecule has 1 heterocycles. The van der Waals surface area contributed by atoms with Gasteiger partial charge in [0.05, 0.1) is 0 Å². The molecule has 1 saturated carbocycles. The van der Waals surface area contributed by atoms with E-state index in [-0.39, 0.29) is 0 Å². The topological polar surface area (TPSA) is 15.3 Å². The summed E-state index contributed by atoms with van der Waals surface area (Å²) in [6.45, 7) is 8.72. The highest BCUT2D eigenvalue weighted by atomic mass is 15.2. The van der Waals surface area contributed by atoms with Gasteiger partial charge in [0.25, 0.3) is 0 Å². The summed E-state index contributed by atoms with van der Waals surface area (Å²) in [4.78, 5) is 2.80. The SMILES string of the molecule is CNCC1CCC1N1CCCC(C(C)C)CC1. The highest BCUT2D eigenvalue weighted by molar-refractivity contribution is 4.91. The van der Waals surface area contributed by atoms with Gasteiger partial charge in [0.15, 0.2) is 0 Å². The van der Waals surface area contributed by atoms with Crippen molar-refractivity contribution >= 4 is 0 Å². The molecule has 3 unspecified atom stereocenters. The van der Waals surface area contributed by atoms with Gasteiger partial charge < -0.3 is 10.2 Å². The number of likely N-dealkylation sites (tertiary alicyclic amines) is 1. The third-order valence-electron chi connectivity index (χ3n) is 5.06. The average Bonchev–Trinajstić information content (AvgIpc) is 2.50. The van der Waals surface area contributed by atoms with Crippen LogP contribution in [0, 0.1) is 17.8 Å². The van der Waals surface area contributed by atoms with E-state index in [0.29, 0.717) is 0 Å². The van der Waals surface area contributed by atoms with Crippen molar-refractivity contribution in [1.82, 2.24) is 10.2 Å². The summed E-state index contributed by atoms with van der Waals surface area (Å²) in [7, 11) is 2.09. The Kier molecular flexibility index (Phi) is 4.87. The lowest BCUT2D eigenvalue weighted by Crippen LogP contribution is -2.50. The molecule has 2 nitrogen and oxygen atoms in total. The minimum atomic E-state index is 0.879. The van der Waals surface area contributed by atoms with Gasteiger partial charge in [-0.05, 0) is 76.5 Å². The Labute approximate surface area is 107 Å². The van der Waals surface area contributed by atoms with Crippen LogP contribution in [0.2, 0.25) is 0 Å². The smallest absolute Gasteiger partial charge is 0.0136 e. The molecular formula is C15H30N2. The van der Waals surface area contributed by atoms with E-state index >= 15 is 0 Å². The summed E-state index contributed by atoms with van der Waals surface area (Å²) in [6.07, 6.45) is 7.19. The van der Waals surface area contributed by atoms with Crippen LogP contribution in [0.15, 0.2) is 0 Å². The van der Waals surface area contributed by atoms with Crippen molar-refractivity contribution < 1.29 is 0 Å². The van der Waals surface area contributed by atoms with Crippen molar-refractivity contribution in [2.45, 2.75) is 52.0 Å². The molecular weight excluding hydrogens is 208 g/mol. The zero-order valence-corrected chi connectivity index (χ0v) is 11.9. The van der Waals surface area contributed by atoms with Crippen LogP contribution in [0.4, 0.5) is 0 Å². The average molecular weight is 238 g/mol. The van der Waals surface area contributed by atoms with Gasteiger partial charge in [0.1, 0.15) is 0 Å². The fraction of sp³-hybridized carbons (Fsp3) is 1.00. The van der Waals surface area contributed by atoms with Crippen LogP contribution in [-0.4, -0.2) is 37.6 Å². The molecule has 0 aromatic carbocycles. The van der Waals surface area contributed by atoms with Gasteiger partial charge in [-0.15, -0.1) is 0 Å². The second-order valence-corrected chi connectivity index (χ2v) is 6.43. The largest absolute Gasteiger partial charge is 0.319 e. The predicted molar refractivity (Wildman–Crippen MR) is 74.2 cm³/mol. The first kappa shape index (κ1) is 13.4. The Morgan fingerprint density at radius 3 is 2.53 bits per heavy atom. The third-order valence-corrected chi connectivity index (χ3v) is 5.06. The Morgan fingerprint density at radius 2 is 1.94 bits per heavy atom. The van der Waals surface area contributed by atoms with Crippen LogP contribution in [0.1, 0.15) is 46.0 Å². The Balaban J connectivity index is 1.82. The van der Waals surface area contributed by atoms with Gasteiger partial charge in [0.2, 0.25) is 0 Å². The van der Waals surface area contributed by atoms with E-state index in [1.165, 1.54) is 51.7 Å². The van der Waals surface area contributed by atoms with Crippen LogP contribution in [0.3, 0.4) is 0 Å². The van der Waals surface area contributed by atoms with Crippen molar-refractivity contribution in [3.63, 3.8) is 0 Å². The maximum absolute atomic E-state index is 3.35. The molecule has 1 N–H and O–H groups in total. The quantitative estimate of drug-likeness (QED) is 0.810. The number of nitrogens with zero attached hydrogens (tertiary/aromatic N) is 1. The summed E-state index contributed by atoms with van der Waals surface area (Å²) in [6, 6.07) is 0.897. The number of rotatable bonds is 4. The monoisotopic (exact) mass is 238 g/mol. The lowest BCUT2D eigenvalue weighted by atomic mass is 9.78.